The summed E-state index contributed by atoms with van der Waals surface area (Å²) in [5, 5.41) is 3.96. The standard InChI is InChI=1S/C15H26F2N2/c1-5-7-9-15(3,10-8-6-2)12-11-19(4)18-13(12)14(16)17/h11,14H,5-10H2,1-4H3. The highest BCUT2D eigenvalue weighted by atomic mass is 19.3. The molecular weight excluding hydrogens is 246 g/mol. The maximum absolute atomic E-state index is 13.1. The van der Waals surface area contributed by atoms with Gasteiger partial charge in [-0.1, -0.05) is 46.5 Å². The number of alkyl halides is 2. The fourth-order valence-corrected chi connectivity index (χ4v) is 2.66. The minimum atomic E-state index is -2.49. The van der Waals surface area contributed by atoms with Crippen LogP contribution >= 0.6 is 0 Å². The van der Waals surface area contributed by atoms with Gasteiger partial charge in [-0.15, -0.1) is 0 Å². The first-order valence-corrected chi connectivity index (χ1v) is 7.26. The van der Waals surface area contributed by atoms with E-state index >= 15 is 0 Å². The van der Waals surface area contributed by atoms with Gasteiger partial charge in [0, 0.05) is 18.8 Å². The lowest BCUT2D eigenvalue weighted by atomic mass is 9.74. The Balaban J connectivity index is 3.08. The fraction of sp³-hybridized carbons (Fsp3) is 0.800. The van der Waals surface area contributed by atoms with Gasteiger partial charge in [0.15, 0.2) is 0 Å². The normalized spacial score (nSPS) is 12.4. The van der Waals surface area contributed by atoms with E-state index in [0.29, 0.717) is 0 Å². The molecule has 19 heavy (non-hydrogen) atoms. The van der Waals surface area contributed by atoms with Crippen molar-refractivity contribution in [3.8, 4) is 0 Å². The number of hydrogen-bond acceptors (Lipinski definition) is 1. The summed E-state index contributed by atoms with van der Waals surface area (Å²) in [6.45, 7) is 6.39. The fourth-order valence-electron chi connectivity index (χ4n) is 2.66. The van der Waals surface area contributed by atoms with E-state index in [0.717, 1.165) is 44.1 Å². The Morgan fingerprint density at radius 3 is 2.16 bits per heavy atom. The smallest absolute Gasteiger partial charge is 0.275 e. The van der Waals surface area contributed by atoms with E-state index in [1.807, 2.05) is 0 Å². The van der Waals surface area contributed by atoms with Crippen LogP contribution in [0, 0.1) is 0 Å². The molecule has 1 rings (SSSR count). The number of aryl methyl sites for hydroxylation is 1. The van der Waals surface area contributed by atoms with Crippen LogP contribution in [0.4, 0.5) is 8.78 Å². The number of aromatic nitrogens is 2. The molecule has 0 fully saturated rings. The van der Waals surface area contributed by atoms with Gasteiger partial charge in [-0.2, -0.15) is 5.10 Å². The van der Waals surface area contributed by atoms with E-state index in [9.17, 15) is 8.78 Å². The average Bonchev–Trinajstić information content (AvgIpc) is 2.77. The monoisotopic (exact) mass is 272 g/mol. The van der Waals surface area contributed by atoms with Crippen molar-refractivity contribution in [1.29, 1.82) is 0 Å². The molecule has 0 aliphatic heterocycles. The molecule has 1 aromatic heterocycles. The molecule has 0 radical (unpaired) electrons. The number of rotatable bonds is 8. The van der Waals surface area contributed by atoms with Gasteiger partial charge in [-0.3, -0.25) is 4.68 Å². The molecule has 0 saturated heterocycles. The molecule has 0 amide bonds. The second-order valence-electron chi connectivity index (χ2n) is 5.67. The van der Waals surface area contributed by atoms with Crippen LogP contribution in [0.25, 0.3) is 0 Å². The van der Waals surface area contributed by atoms with Crippen LogP contribution in [0.15, 0.2) is 6.20 Å². The average molecular weight is 272 g/mol. The van der Waals surface area contributed by atoms with E-state index in [2.05, 4.69) is 25.9 Å². The van der Waals surface area contributed by atoms with Crippen molar-refractivity contribution in [1.82, 2.24) is 9.78 Å². The first-order chi connectivity index (χ1) is 8.94. The highest BCUT2D eigenvalue weighted by Crippen LogP contribution is 2.39. The Labute approximate surface area is 115 Å². The number of unbranched alkanes of at least 4 members (excludes halogenated alkanes) is 2. The van der Waals surface area contributed by atoms with Gasteiger partial charge < -0.3 is 0 Å². The molecule has 0 unspecified atom stereocenters. The molecular formula is C15H26F2N2. The van der Waals surface area contributed by atoms with E-state index < -0.39 is 6.43 Å². The van der Waals surface area contributed by atoms with E-state index in [-0.39, 0.29) is 11.1 Å². The summed E-state index contributed by atoms with van der Waals surface area (Å²) in [4.78, 5) is 0. The van der Waals surface area contributed by atoms with Crippen LogP contribution in [-0.4, -0.2) is 9.78 Å². The van der Waals surface area contributed by atoms with Crippen molar-refractivity contribution >= 4 is 0 Å². The van der Waals surface area contributed by atoms with E-state index in [4.69, 9.17) is 0 Å². The van der Waals surface area contributed by atoms with Crippen molar-refractivity contribution in [3.05, 3.63) is 17.5 Å². The quantitative estimate of drug-likeness (QED) is 0.651. The molecule has 0 bridgehead atoms. The summed E-state index contributed by atoms with van der Waals surface area (Å²) in [6, 6.07) is 0. The zero-order valence-electron chi connectivity index (χ0n) is 12.5. The first kappa shape index (κ1) is 16.1. The summed E-state index contributed by atoms with van der Waals surface area (Å²) < 4.78 is 27.8. The Morgan fingerprint density at radius 2 is 1.74 bits per heavy atom. The molecule has 1 aromatic rings. The highest BCUT2D eigenvalue weighted by molar-refractivity contribution is 5.28. The first-order valence-electron chi connectivity index (χ1n) is 7.26. The Kier molecular flexibility index (Phi) is 5.95. The van der Waals surface area contributed by atoms with Crippen LogP contribution in [0.5, 0.6) is 0 Å². The van der Waals surface area contributed by atoms with Gasteiger partial charge in [0.1, 0.15) is 5.69 Å². The molecule has 0 aliphatic rings. The Hall–Kier alpha value is -0.930. The van der Waals surface area contributed by atoms with Gasteiger partial charge in [0.05, 0.1) is 0 Å². The molecule has 4 heteroatoms. The molecule has 0 atom stereocenters. The molecule has 0 N–H and O–H groups in total. The molecule has 0 saturated carbocycles. The Bertz CT molecular complexity index is 377. The molecule has 110 valence electrons. The second-order valence-corrected chi connectivity index (χ2v) is 5.67. The predicted molar refractivity (Wildman–Crippen MR) is 74.6 cm³/mol. The van der Waals surface area contributed by atoms with Crippen LogP contribution in [0.3, 0.4) is 0 Å². The summed E-state index contributed by atoms with van der Waals surface area (Å²) in [6.07, 6.45) is 5.52. The molecule has 0 spiro atoms. The molecule has 0 aromatic carbocycles. The minimum absolute atomic E-state index is 0.0304. The van der Waals surface area contributed by atoms with Gasteiger partial charge in [-0.25, -0.2) is 8.78 Å². The van der Waals surface area contributed by atoms with Crippen molar-refractivity contribution in [2.75, 3.05) is 0 Å². The zero-order valence-corrected chi connectivity index (χ0v) is 12.5. The van der Waals surface area contributed by atoms with Crippen molar-refractivity contribution in [2.45, 2.75) is 71.1 Å². The molecule has 1 heterocycles. The lowest BCUT2D eigenvalue weighted by Crippen LogP contribution is -2.23. The minimum Gasteiger partial charge on any atom is -0.275 e. The Morgan fingerprint density at radius 1 is 1.21 bits per heavy atom. The third-order valence-electron chi connectivity index (χ3n) is 3.88. The SMILES string of the molecule is CCCCC(C)(CCCC)c1cn(C)nc1C(F)F. The highest BCUT2D eigenvalue weighted by Gasteiger charge is 2.32. The summed E-state index contributed by atoms with van der Waals surface area (Å²) in [7, 11) is 1.72. The van der Waals surface area contributed by atoms with Crippen LogP contribution in [0.2, 0.25) is 0 Å². The molecule has 0 aliphatic carbocycles. The predicted octanol–water partition coefficient (Wildman–Crippen LogP) is 5.00. The largest absolute Gasteiger partial charge is 0.282 e. The third-order valence-corrected chi connectivity index (χ3v) is 3.88. The lowest BCUT2D eigenvalue weighted by molar-refractivity contribution is 0.141. The van der Waals surface area contributed by atoms with Crippen LogP contribution in [-0.2, 0) is 12.5 Å². The van der Waals surface area contributed by atoms with Crippen molar-refractivity contribution in [2.24, 2.45) is 7.05 Å². The maximum Gasteiger partial charge on any atom is 0.282 e. The summed E-state index contributed by atoms with van der Waals surface area (Å²) in [5.41, 5.74) is 0.538. The van der Waals surface area contributed by atoms with Crippen LogP contribution < -0.4 is 0 Å². The number of halogens is 2. The van der Waals surface area contributed by atoms with E-state index in [1.165, 1.54) is 4.68 Å². The zero-order chi connectivity index (χ0) is 14.5. The van der Waals surface area contributed by atoms with Crippen LogP contribution in [0.1, 0.15) is 77.0 Å². The number of hydrogen-bond donors (Lipinski definition) is 0. The van der Waals surface area contributed by atoms with Crippen molar-refractivity contribution < 1.29 is 8.78 Å². The second kappa shape index (κ2) is 7.01. The topological polar surface area (TPSA) is 17.8 Å². The van der Waals surface area contributed by atoms with Gasteiger partial charge >= 0.3 is 0 Å². The summed E-state index contributed by atoms with van der Waals surface area (Å²) >= 11 is 0. The molecule has 2 nitrogen and oxygen atoms in total. The van der Waals surface area contributed by atoms with Gasteiger partial charge in [0.2, 0.25) is 0 Å². The van der Waals surface area contributed by atoms with E-state index in [1.54, 1.807) is 13.2 Å². The van der Waals surface area contributed by atoms with Crippen molar-refractivity contribution in [3.63, 3.8) is 0 Å². The lowest BCUT2D eigenvalue weighted by Gasteiger charge is -2.30. The summed E-state index contributed by atoms with van der Waals surface area (Å²) in [5.74, 6) is 0. The van der Waals surface area contributed by atoms with Gasteiger partial charge in [-0.05, 0) is 18.3 Å². The maximum atomic E-state index is 13.1. The third kappa shape index (κ3) is 4.02. The number of nitrogens with zero attached hydrogens (tertiary/aromatic N) is 2. The van der Waals surface area contributed by atoms with Gasteiger partial charge in [0.25, 0.3) is 6.43 Å².